The molecule has 3 nitrogen and oxygen atoms in total. The van der Waals surface area contributed by atoms with E-state index >= 15 is 0 Å². The molecular weight excluding hydrogens is 352 g/mol. The Morgan fingerprint density at radius 1 is 1.30 bits per heavy atom. The van der Waals surface area contributed by atoms with Crippen LogP contribution in [0.25, 0.3) is 0 Å². The van der Waals surface area contributed by atoms with Crippen molar-refractivity contribution < 1.29 is 17.2 Å². The van der Waals surface area contributed by atoms with Crippen LogP contribution in [0.2, 0.25) is 0 Å². The molecule has 2 atom stereocenters. The summed E-state index contributed by atoms with van der Waals surface area (Å²) in [5.74, 6) is -1.62. The maximum atomic E-state index is 13.5. The van der Waals surface area contributed by atoms with E-state index in [2.05, 4.69) is 20.7 Å². The van der Waals surface area contributed by atoms with Gasteiger partial charge in [-0.3, -0.25) is 0 Å². The molecule has 1 aromatic rings. The average Bonchev–Trinajstić information content (AvgIpc) is 2.36. The van der Waals surface area contributed by atoms with Gasteiger partial charge >= 0.3 is 0 Å². The first-order chi connectivity index (χ1) is 9.38. The van der Waals surface area contributed by atoms with Crippen molar-refractivity contribution in [3.8, 4) is 0 Å². The smallest absolute Gasteiger partial charge is 0.211 e. The molecular formula is C13H16BrF2NO2S. The van der Waals surface area contributed by atoms with Gasteiger partial charge < -0.3 is 0 Å². The summed E-state index contributed by atoms with van der Waals surface area (Å²) >= 11 is 3.53. The van der Waals surface area contributed by atoms with Crippen LogP contribution in [0.4, 0.5) is 8.78 Å². The van der Waals surface area contributed by atoms with Crippen LogP contribution in [-0.2, 0) is 10.0 Å². The maximum Gasteiger partial charge on any atom is 0.243 e. The zero-order valence-electron chi connectivity index (χ0n) is 10.8. The second-order valence-electron chi connectivity index (χ2n) is 5.06. The fourth-order valence-corrected chi connectivity index (χ4v) is 4.44. The lowest BCUT2D eigenvalue weighted by molar-refractivity contribution is 0.367. The van der Waals surface area contributed by atoms with Gasteiger partial charge in [0.1, 0.15) is 16.5 Å². The summed E-state index contributed by atoms with van der Waals surface area (Å²) in [5.41, 5.74) is 0. The molecule has 1 aliphatic rings. The predicted molar refractivity (Wildman–Crippen MR) is 76.2 cm³/mol. The van der Waals surface area contributed by atoms with Gasteiger partial charge in [-0.25, -0.2) is 21.9 Å². The molecule has 7 heteroatoms. The first-order valence-electron chi connectivity index (χ1n) is 6.47. The highest BCUT2D eigenvalue weighted by Crippen LogP contribution is 2.28. The number of hydrogen-bond donors (Lipinski definition) is 1. The number of hydrogen-bond acceptors (Lipinski definition) is 2. The van der Waals surface area contributed by atoms with E-state index in [1.54, 1.807) is 0 Å². The minimum Gasteiger partial charge on any atom is -0.211 e. The monoisotopic (exact) mass is 367 g/mol. The normalized spacial score (nSPS) is 23.8. The molecule has 1 saturated carbocycles. The minimum atomic E-state index is -3.93. The Kier molecular flexibility index (Phi) is 5.14. The second kappa shape index (κ2) is 6.49. The zero-order chi connectivity index (χ0) is 14.8. The third kappa shape index (κ3) is 3.99. The van der Waals surface area contributed by atoms with Crippen molar-refractivity contribution in [3.05, 3.63) is 29.8 Å². The summed E-state index contributed by atoms with van der Waals surface area (Å²) in [7, 11) is -3.93. The van der Waals surface area contributed by atoms with Crippen molar-refractivity contribution >= 4 is 26.0 Å². The summed E-state index contributed by atoms with van der Waals surface area (Å²) in [6, 6.07) is 2.46. The summed E-state index contributed by atoms with van der Waals surface area (Å²) < 4.78 is 52.7. The van der Waals surface area contributed by atoms with Crippen molar-refractivity contribution in [1.29, 1.82) is 0 Å². The number of rotatable bonds is 4. The van der Waals surface area contributed by atoms with E-state index in [1.165, 1.54) is 0 Å². The average molecular weight is 368 g/mol. The second-order valence-corrected chi connectivity index (χ2v) is 8.09. The molecule has 1 aliphatic carbocycles. The SMILES string of the molecule is O=S(=O)(NCC1CCCC(Br)C1)c1ccc(F)cc1F. The molecule has 0 bridgehead atoms. The van der Waals surface area contributed by atoms with E-state index in [9.17, 15) is 17.2 Å². The molecule has 0 saturated heterocycles. The summed E-state index contributed by atoms with van der Waals surface area (Å²) in [5, 5.41) is 0. The van der Waals surface area contributed by atoms with Gasteiger partial charge in [-0.15, -0.1) is 0 Å². The van der Waals surface area contributed by atoms with E-state index in [0.717, 1.165) is 37.8 Å². The Labute approximate surface area is 125 Å². The molecule has 0 amide bonds. The molecule has 2 unspecified atom stereocenters. The highest BCUT2D eigenvalue weighted by atomic mass is 79.9. The van der Waals surface area contributed by atoms with E-state index in [4.69, 9.17) is 0 Å². The van der Waals surface area contributed by atoms with Crippen molar-refractivity contribution in [3.63, 3.8) is 0 Å². The molecule has 20 heavy (non-hydrogen) atoms. The Balaban J connectivity index is 2.03. The van der Waals surface area contributed by atoms with Crippen molar-refractivity contribution in [1.82, 2.24) is 4.72 Å². The maximum absolute atomic E-state index is 13.5. The highest BCUT2D eigenvalue weighted by molar-refractivity contribution is 9.09. The Morgan fingerprint density at radius 2 is 2.05 bits per heavy atom. The molecule has 1 fully saturated rings. The Hall–Kier alpha value is -0.530. The molecule has 0 radical (unpaired) electrons. The number of alkyl halides is 1. The number of benzene rings is 1. The van der Waals surface area contributed by atoms with Crippen LogP contribution in [0, 0.1) is 17.6 Å². The molecule has 112 valence electrons. The standard InChI is InChI=1S/C13H16BrF2NO2S/c14-10-3-1-2-9(6-10)8-17-20(18,19)13-5-4-11(15)7-12(13)16/h4-5,7,9-10,17H,1-3,6,8H2. The lowest BCUT2D eigenvalue weighted by atomic mass is 9.89. The van der Waals surface area contributed by atoms with Crippen molar-refractivity contribution in [2.75, 3.05) is 6.54 Å². The molecule has 1 aromatic carbocycles. The van der Waals surface area contributed by atoms with E-state index < -0.39 is 26.6 Å². The molecule has 0 spiro atoms. The van der Waals surface area contributed by atoms with Crippen molar-refractivity contribution in [2.24, 2.45) is 5.92 Å². The van der Waals surface area contributed by atoms with Crippen LogP contribution in [0.15, 0.2) is 23.1 Å². The molecule has 0 aliphatic heterocycles. The number of nitrogens with one attached hydrogen (secondary N) is 1. The molecule has 0 aromatic heterocycles. The summed E-state index contributed by atoms with van der Waals surface area (Å²) in [6.07, 6.45) is 3.99. The summed E-state index contributed by atoms with van der Waals surface area (Å²) in [4.78, 5) is -0.0987. The van der Waals surface area contributed by atoms with E-state index in [0.29, 0.717) is 10.9 Å². The first-order valence-corrected chi connectivity index (χ1v) is 8.87. The lowest BCUT2D eigenvalue weighted by Crippen LogP contribution is -2.32. The van der Waals surface area contributed by atoms with Crippen LogP contribution < -0.4 is 4.72 Å². The van der Waals surface area contributed by atoms with Gasteiger partial charge in [-0.2, -0.15) is 0 Å². The van der Waals surface area contributed by atoms with E-state index in [-0.39, 0.29) is 12.5 Å². The largest absolute Gasteiger partial charge is 0.243 e. The highest BCUT2D eigenvalue weighted by Gasteiger charge is 2.24. The number of sulfonamides is 1. The zero-order valence-corrected chi connectivity index (χ0v) is 13.2. The van der Waals surface area contributed by atoms with Gasteiger partial charge in [0, 0.05) is 17.4 Å². The molecule has 0 heterocycles. The van der Waals surface area contributed by atoms with Crippen molar-refractivity contribution in [2.45, 2.75) is 35.4 Å². The Bertz CT molecular complexity index is 580. The first kappa shape index (κ1) is 15.9. The van der Waals surface area contributed by atoms with Crippen LogP contribution in [-0.4, -0.2) is 19.8 Å². The fourth-order valence-electron chi connectivity index (χ4n) is 2.41. The lowest BCUT2D eigenvalue weighted by Gasteiger charge is -2.25. The van der Waals surface area contributed by atoms with Gasteiger partial charge in [0.05, 0.1) is 0 Å². The van der Waals surface area contributed by atoms with Gasteiger partial charge in [0.15, 0.2) is 0 Å². The minimum absolute atomic E-state index is 0.242. The summed E-state index contributed by atoms with van der Waals surface area (Å²) in [6.45, 7) is 0.279. The van der Waals surface area contributed by atoms with Crippen LogP contribution in [0.5, 0.6) is 0 Å². The Morgan fingerprint density at radius 3 is 2.70 bits per heavy atom. The van der Waals surface area contributed by atoms with Crippen LogP contribution >= 0.6 is 15.9 Å². The predicted octanol–water partition coefficient (Wildman–Crippen LogP) is 3.20. The van der Waals surface area contributed by atoms with Crippen LogP contribution in [0.3, 0.4) is 0 Å². The molecule has 2 rings (SSSR count). The van der Waals surface area contributed by atoms with Gasteiger partial charge in [0.2, 0.25) is 10.0 Å². The topological polar surface area (TPSA) is 46.2 Å². The third-order valence-corrected chi connectivity index (χ3v) is 5.75. The molecule has 1 N–H and O–H groups in total. The van der Waals surface area contributed by atoms with Gasteiger partial charge in [-0.1, -0.05) is 22.4 Å². The fraction of sp³-hybridized carbons (Fsp3) is 0.538. The van der Waals surface area contributed by atoms with Crippen LogP contribution in [0.1, 0.15) is 25.7 Å². The number of halogens is 3. The van der Waals surface area contributed by atoms with Gasteiger partial charge in [-0.05, 0) is 37.3 Å². The quantitative estimate of drug-likeness (QED) is 0.830. The van der Waals surface area contributed by atoms with Gasteiger partial charge in [0.25, 0.3) is 0 Å². The third-order valence-electron chi connectivity index (χ3n) is 3.46. The van der Waals surface area contributed by atoms with E-state index in [1.807, 2.05) is 0 Å².